The van der Waals surface area contributed by atoms with Gasteiger partial charge in [-0.2, -0.15) is 15.3 Å². The van der Waals surface area contributed by atoms with E-state index in [0.717, 1.165) is 33.8 Å². The van der Waals surface area contributed by atoms with Crippen molar-refractivity contribution in [2.75, 3.05) is 50.3 Å². The number of rotatable bonds is 0. The van der Waals surface area contributed by atoms with Crippen molar-refractivity contribution in [1.29, 1.82) is 0 Å². The van der Waals surface area contributed by atoms with Crippen LogP contribution in [0.15, 0.2) is 92.2 Å². The van der Waals surface area contributed by atoms with Crippen LogP contribution in [0.3, 0.4) is 0 Å². The smallest absolute Gasteiger partial charge is 0.224 e. The maximum atomic E-state index is 14.0. The molecule has 27 heteroatoms. The Morgan fingerprint density at radius 3 is 1.02 bits per heavy atom. The maximum absolute atomic E-state index is 14.0. The van der Waals surface area contributed by atoms with Crippen molar-refractivity contribution in [3.05, 3.63) is 143 Å². The number of nitrogens with zero attached hydrogens (tertiary/aromatic N) is 15. The first-order chi connectivity index (χ1) is 40.7. The van der Waals surface area contributed by atoms with Crippen molar-refractivity contribution in [2.24, 2.45) is 0 Å². The average molecular weight is 1150 g/mol. The summed E-state index contributed by atoms with van der Waals surface area (Å²) in [6.07, 6.45) is 17.7. The molecule has 15 rings (SSSR count). The Morgan fingerprint density at radius 1 is 0.429 bits per heavy atom. The van der Waals surface area contributed by atoms with E-state index in [9.17, 15) is 42.9 Å². The number of aromatic nitrogens is 12. The van der Waals surface area contributed by atoms with E-state index in [4.69, 9.17) is 0 Å². The van der Waals surface area contributed by atoms with Gasteiger partial charge in [-0.15, -0.1) is 0 Å². The van der Waals surface area contributed by atoms with Crippen LogP contribution in [-0.4, -0.2) is 130 Å². The first-order valence-electron chi connectivity index (χ1n) is 27.9. The predicted octanol–water partition coefficient (Wildman–Crippen LogP) is 5.55. The third-order valence-corrected chi connectivity index (χ3v) is 16.0. The molecule has 3 amide bonds. The van der Waals surface area contributed by atoms with Crippen molar-refractivity contribution in [3.8, 4) is 0 Å². The number of pyridine rings is 3. The summed E-state index contributed by atoms with van der Waals surface area (Å²) in [5.74, 6) is 0.303. The van der Waals surface area contributed by atoms with E-state index in [1.54, 1.807) is 50.7 Å². The Balaban J connectivity index is 0.000000118. The van der Waals surface area contributed by atoms with E-state index in [1.807, 2.05) is 32.9 Å². The molecule has 6 bridgehead atoms. The van der Waals surface area contributed by atoms with Gasteiger partial charge < -0.3 is 46.0 Å². The molecule has 3 saturated heterocycles. The predicted molar refractivity (Wildman–Crippen MR) is 298 cm³/mol. The minimum absolute atomic E-state index is 0.124. The van der Waals surface area contributed by atoms with E-state index < -0.39 is 35.8 Å². The normalized spacial score (nSPS) is 22.2. The molecule has 15 heterocycles. The Kier molecular flexibility index (Phi) is 14.5. The Bertz CT molecular complexity index is 3610. The number of anilines is 6. The van der Waals surface area contributed by atoms with E-state index in [0.29, 0.717) is 148 Å². The van der Waals surface area contributed by atoms with Gasteiger partial charge in [-0.1, -0.05) is 0 Å². The second-order valence-corrected chi connectivity index (χ2v) is 21.8. The summed E-state index contributed by atoms with van der Waals surface area (Å²) in [4.78, 5) is 69.8. The fourth-order valence-electron chi connectivity index (χ4n) is 12.2. The number of aliphatic hydroxyl groups is 3. The molecular weight excluding hydrogens is 1090 g/mol. The fourth-order valence-corrected chi connectivity index (χ4v) is 12.2. The monoisotopic (exact) mass is 1150 g/mol. The Morgan fingerprint density at radius 2 is 0.726 bits per heavy atom. The highest BCUT2D eigenvalue weighted by molar-refractivity contribution is 5.95. The van der Waals surface area contributed by atoms with Crippen molar-refractivity contribution >= 4 is 69.2 Å². The molecule has 0 saturated carbocycles. The molecule has 0 aromatic carbocycles. The van der Waals surface area contributed by atoms with Crippen molar-refractivity contribution in [3.63, 3.8) is 0 Å². The maximum Gasteiger partial charge on any atom is 0.224 e. The molecule has 3 fully saturated rings. The topological polar surface area (TPSA) is 287 Å². The van der Waals surface area contributed by atoms with Gasteiger partial charge >= 0.3 is 0 Å². The summed E-state index contributed by atoms with van der Waals surface area (Å²) in [6.45, 7) is 1.17. The van der Waals surface area contributed by atoms with Gasteiger partial charge in [0.2, 0.25) is 17.7 Å². The van der Waals surface area contributed by atoms with Gasteiger partial charge in [0.1, 0.15) is 52.0 Å². The number of carbonyl (C=O) groups is 3. The van der Waals surface area contributed by atoms with E-state index in [2.05, 4.69) is 61.2 Å². The quantitative estimate of drug-likeness (QED) is 0.108. The summed E-state index contributed by atoms with van der Waals surface area (Å²) in [7, 11) is 0. The third-order valence-electron chi connectivity index (χ3n) is 16.0. The average Bonchev–Trinajstić information content (AvgIpc) is 3.07. The fraction of sp³-hybridized carbons (Fsp3) is 0.368. The molecule has 6 N–H and O–H groups in total. The van der Waals surface area contributed by atoms with Crippen molar-refractivity contribution < 1.29 is 42.9 Å². The zero-order chi connectivity index (χ0) is 57.8. The van der Waals surface area contributed by atoms with E-state index in [1.165, 1.54) is 36.8 Å². The van der Waals surface area contributed by atoms with Crippen LogP contribution in [0.1, 0.15) is 110 Å². The van der Waals surface area contributed by atoms with Crippen LogP contribution >= 0.6 is 0 Å². The standard InChI is InChI=1S/3C19H19FN6O2/c3*20-11-6-13-14(21-8-11)2-1-3-18(28)23-15-9-22-26-5-4-17(24-19(15)26)25-10-12(27)7-16(13)25/h3*4-6,8-9,12,16,27H,1-3,7,10H2,(H,23,28)/t12-,16?;12-,16+;12-,16-/m111/s1. The molecule has 432 valence electrons. The number of aryl methyl sites for hydroxylation is 3. The first-order valence-corrected chi connectivity index (χ1v) is 27.9. The zero-order valence-corrected chi connectivity index (χ0v) is 45.1. The lowest BCUT2D eigenvalue weighted by molar-refractivity contribution is -0.117. The van der Waals surface area contributed by atoms with Crippen LogP contribution in [0.25, 0.3) is 16.9 Å². The summed E-state index contributed by atoms with van der Waals surface area (Å²) < 4.78 is 46.8. The molecule has 9 aromatic rings. The van der Waals surface area contributed by atoms with Crippen LogP contribution in [0, 0.1) is 17.5 Å². The highest BCUT2D eigenvalue weighted by atomic mass is 19.1. The molecule has 6 atom stereocenters. The zero-order valence-electron chi connectivity index (χ0n) is 45.1. The summed E-state index contributed by atoms with van der Waals surface area (Å²) in [6, 6.07) is 9.17. The molecule has 6 aliphatic heterocycles. The van der Waals surface area contributed by atoms with Gasteiger partial charge in [0.15, 0.2) is 16.9 Å². The van der Waals surface area contributed by atoms with E-state index in [-0.39, 0.29) is 35.8 Å². The number of aliphatic hydroxyl groups excluding tert-OH is 3. The molecular formula is C57H57F3N18O6. The number of carbonyl (C=O) groups excluding carboxylic acids is 3. The third kappa shape index (κ3) is 10.9. The second kappa shape index (κ2) is 22.5. The number of halogens is 3. The summed E-state index contributed by atoms with van der Waals surface area (Å²) in [5.41, 5.74) is 7.71. The number of fused-ring (bicyclic) bond motifs is 15. The van der Waals surface area contributed by atoms with Crippen molar-refractivity contribution in [1.82, 2.24) is 58.7 Å². The molecule has 84 heavy (non-hydrogen) atoms. The van der Waals surface area contributed by atoms with Crippen LogP contribution in [-0.2, 0) is 33.6 Å². The number of hydrogen-bond donors (Lipinski definition) is 6. The molecule has 24 nitrogen and oxygen atoms in total. The molecule has 6 aliphatic rings. The van der Waals surface area contributed by atoms with Crippen LogP contribution < -0.4 is 30.7 Å². The number of hydrogen-bond acceptors (Lipinski definition) is 18. The van der Waals surface area contributed by atoms with Crippen LogP contribution in [0.4, 0.5) is 47.7 Å². The molecule has 1 unspecified atom stereocenters. The molecule has 0 spiro atoms. The largest absolute Gasteiger partial charge is 0.391 e. The van der Waals surface area contributed by atoms with Crippen LogP contribution in [0.5, 0.6) is 0 Å². The van der Waals surface area contributed by atoms with Gasteiger partial charge in [0, 0.05) is 74.6 Å². The first kappa shape index (κ1) is 54.1. The SMILES string of the molecule is O=C1CCCc2ncc(F)cc2C2C[C@@H](O)CN2c2ccn3ncc(c3n2)N1.O=C1CCCc2ncc(F)cc2[C@@H]2C[C@@H](O)CN2c2ccn3ncc(c3n2)N1.O=C1CCCc2ncc(F)cc2[C@H]2C[C@@H](O)CN2c2ccn3ncc(c3n2)N1. The summed E-state index contributed by atoms with van der Waals surface area (Å²) in [5, 5.41) is 52.3. The summed E-state index contributed by atoms with van der Waals surface area (Å²) >= 11 is 0. The minimum Gasteiger partial charge on any atom is -0.391 e. The van der Waals surface area contributed by atoms with Gasteiger partial charge in [0.25, 0.3) is 0 Å². The van der Waals surface area contributed by atoms with Gasteiger partial charge in [0.05, 0.1) is 73.6 Å². The molecule has 9 aromatic heterocycles. The van der Waals surface area contributed by atoms with E-state index >= 15 is 0 Å². The Hall–Kier alpha value is -9.21. The highest BCUT2D eigenvalue weighted by Gasteiger charge is 2.38. The lowest BCUT2D eigenvalue weighted by Crippen LogP contribution is -2.26. The lowest BCUT2D eigenvalue weighted by Gasteiger charge is -2.27. The van der Waals surface area contributed by atoms with Gasteiger partial charge in [-0.05, 0) is 111 Å². The number of nitrogens with one attached hydrogen (secondary N) is 3. The molecule has 0 radical (unpaired) electrons. The second-order valence-electron chi connectivity index (χ2n) is 21.8. The lowest BCUT2D eigenvalue weighted by atomic mass is 9.98. The molecule has 0 aliphatic carbocycles. The Labute approximate surface area is 476 Å². The van der Waals surface area contributed by atoms with Gasteiger partial charge in [-0.3, -0.25) is 29.3 Å². The van der Waals surface area contributed by atoms with Crippen LogP contribution in [0.2, 0.25) is 0 Å². The highest BCUT2D eigenvalue weighted by Crippen LogP contribution is 2.41. The van der Waals surface area contributed by atoms with Crippen molar-refractivity contribution in [2.45, 2.75) is 113 Å². The number of amides is 3. The van der Waals surface area contributed by atoms with Gasteiger partial charge in [-0.25, -0.2) is 41.7 Å². The minimum atomic E-state index is -0.545.